The predicted molar refractivity (Wildman–Crippen MR) is 71.5 cm³/mol. The molecular weight excluding hydrogens is 229 g/mol. The number of nitrogens with zero attached hydrogens (tertiary/aromatic N) is 1. The molecule has 0 bridgehead atoms. The van der Waals surface area contributed by atoms with Crippen LogP contribution in [0.15, 0.2) is 48.5 Å². The summed E-state index contributed by atoms with van der Waals surface area (Å²) in [5.41, 5.74) is 2.79. The summed E-state index contributed by atoms with van der Waals surface area (Å²) in [6, 6.07) is 14.0. The highest BCUT2D eigenvalue weighted by Crippen LogP contribution is 2.25. The number of aliphatic hydroxyl groups excluding tert-OH is 1. The Kier molecular flexibility index (Phi) is 3.63. The van der Waals surface area contributed by atoms with Crippen molar-refractivity contribution in [3.63, 3.8) is 0 Å². The van der Waals surface area contributed by atoms with E-state index in [9.17, 15) is 9.50 Å². The fraction of sp³-hybridized carbons (Fsp3) is 0.200. The van der Waals surface area contributed by atoms with Crippen molar-refractivity contribution in [1.29, 1.82) is 0 Å². The molecule has 0 aromatic heterocycles. The lowest BCUT2D eigenvalue weighted by atomic mass is 10.1. The summed E-state index contributed by atoms with van der Waals surface area (Å²) < 4.78 is 12.8. The van der Waals surface area contributed by atoms with Crippen LogP contribution in [-0.4, -0.2) is 12.2 Å². The summed E-state index contributed by atoms with van der Waals surface area (Å²) in [7, 11) is 1.92. The van der Waals surface area contributed by atoms with Crippen LogP contribution in [0.4, 0.5) is 15.8 Å². The molecular formula is C15H16FNO. The van der Waals surface area contributed by atoms with E-state index in [1.807, 2.05) is 36.2 Å². The third kappa shape index (κ3) is 2.68. The summed E-state index contributed by atoms with van der Waals surface area (Å²) in [5.74, 6) is -0.239. The summed E-state index contributed by atoms with van der Waals surface area (Å²) >= 11 is 0. The van der Waals surface area contributed by atoms with Crippen LogP contribution in [0.3, 0.4) is 0 Å². The van der Waals surface area contributed by atoms with Crippen molar-refractivity contribution in [1.82, 2.24) is 0 Å². The van der Waals surface area contributed by atoms with Crippen molar-refractivity contribution in [3.05, 3.63) is 59.9 Å². The van der Waals surface area contributed by atoms with Gasteiger partial charge in [-0.25, -0.2) is 4.39 Å². The van der Waals surface area contributed by atoms with Crippen molar-refractivity contribution in [3.8, 4) is 0 Å². The van der Waals surface area contributed by atoms with Crippen molar-refractivity contribution < 1.29 is 9.50 Å². The largest absolute Gasteiger partial charge is 0.389 e. The number of hydrogen-bond acceptors (Lipinski definition) is 2. The maximum Gasteiger partial charge on any atom is 0.123 e. The third-order valence-electron chi connectivity index (χ3n) is 2.98. The van der Waals surface area contributed by atoms with Gasteiger partial charge < -0.3 is 10.0 Å². The van der Waals surface area contributed by atoms with E-state index in [4.69, 9.17) is 0 Å². The minimum Gasteiger partial charge on any atom is -0.389 e. The van der Waals surface area contributed by atoms with E-state index in [1.165, 1.54) is 12.1 Å². The predicted octanol–water partition coefficient (Wildman–Crippen LogP) is 3.65. The molecule has 2 aromatic carbocycles. The normalized spacial score (nSPS) is 12.2. The van der Waals surface area contributed by atoms with E-state index in [0.29, 0.717) is 0 Å². The van der Waals surface area contributed by atoms with Crippen molar-refractivity contribution in [2.75, 3.05) is 11.9 Å². The molecule has 0 saturated carbocycles. The van der Waals surface area contributed by atoms with E-state index in [0.717, 1.165) is 16.9 Å². The van der Waals surface area contributed by atoms with E-state index >= 15 is 0 Å². The van der Waals surface area contributed by atoms with Crippen LogP contribution in [0.1, 0.15) is 18.6 Å². The number of anilines is 2. The van der Waals surface area contributed by atoms with Crippen molar-refractivity contribution in [2.24, 2.45) is 0 Å². The van der Waals surface area contributed by atoms with Gasteiger partial charge in [0.2, 0.25) is 0 Å². The van der Waals surface area contributed by atoms with Gasteiger partial charge in [-0.3, -0.25) is 0 Å². The highest BCUT2D eigenvalue weighted by atomic mass is 19.1. The molecule has 0 aliphatic heterocycles. The van der Waals surface area contributed by atoms with Crippen molar-refractivity contribution in [2.45, 2.75) is 13.0 Å². The molecule has 0 amide bonds. The molecule has 94 valence electrons. The van der Waals surface area contributed by atoms with E-state index in [-0.39, 0.29) is 5.82 Å². The highest BCUT2D eigenvalue weighted by Gasteiger charge is 2.05. The Balaban J connectivity index is 2.23. The number of rotatable bonds is 3. The molecule has 0 fully saturated rings. The SMILES string of the molecule is CC(O)c1ccc(N(C)c2ccc(F)cc2)cc1. The van der Waals surface area contributed by atoms with Crippen LogP contribution in [0.5, 0.6) is 0 Å². The molecule has 1 unspecified atom stereocenters. The monoisotopic (exact) mass is 245 g/mol. The zero-order valence-corrected chi connectivity index (χ0v) is 10.5. The molecule has 1 N–H and O–H groups in total. The van der Waals surface area contributed by atoms with Gasteiger partial charge in [0.25, 0.3) is 0 Å². The first-order chi connectivity index (χ1) is 8.58. The van der Waals surface area contributed by atoms with E-state index in [1.54, 1.807) is 19.1 Å². The Morgan fingerprint density at radius 1 is 0.944 bits per heavy atom. The lowest BCUT2D eigenvalue weighted by Crippen LogP contribution is -2.09. The molecule has 18 heavy (non-hydrogen) atoms. The third-order valence-corrected chi connectivity index (χ3v) is 2.98. The summed E-state index contributed by atoms with van der Waals surface area (Å²) in [6.07, 6.45) is -0.463. The fourth-order valence-corrected chi connectivity index (χ4v) is 1.79. The lowest BCUT2D eigenvalue weighted by molar-refractivity contribution is 0.199. The van der Waals surface area contributed by atoms with Gasteiger partial charge in [0.05, 0.1) is 6.10 Å². The van der Waals surface area contributed by atoms with Gasteiger partial charge in [0, 0.05) is 18.4 Å². The molecule has 2 nitrogen and oxygen atoms in total. The molecule has 2 rings (SSSR count). The average Bonchev–Trinajstić information content (AvgIpc) is 2.39. The first-order valence-corrected chi connectivity index (χ1v) is 5.85. The van der Waals surface area contributed by atoms with Crippen molar-refractivity contribution >= 4 is 11.4 Å². The lowest BCUT2D eigenvalue weighted by Gasteiger charge is -2.20. The molecule has 0 spiro atoms. The second-order valence-electron chi connectivity index (χ2n) is 4.30. The first-order valence-electron chi connectivity index (χ1n) is 5.85. The minimum absolute atomic E-state index is 0.239. The smallest absolute Gasteiger partial charge is 0.123 e. The first kappa shape index (κ1) is 12.6. The van der Waals surface area contributed by atoms with Gasteiger partial charge in [-0.2, -0.15) is 0 Å². The van der Waals surface area contributed by atoms with Crippen LogP contribution in [0.25, 0.3) is 0 Å². The van der Waals surface area contributed by atoms with Gasteiger partial charge in [-0.1, -0.05) is 12.1 Å². The molecule has 0 aliphatic carbocycles. The maximum atomic E-state index is 12.8. The molecule has 0 radical (unpaired) electrons. The Labute approximate surface area is 106 Å². The zero-order chi connectivity index (χ0) is 13.1. The minimum atomic E-state index is -0.463. The number of halogens is 1. The molecule has 2 aromatic rings. The van der Waals surface area contributed by atoms with Crippen LogP contribution < -0.4 is 4.90 Å². The highest BCUT2D eigenvalue weighted by molar-refractivity contribution is 5.62. The quantitative estimate of drug-likeness (QED) is 0.892. The summed E-state index contributed by atoms with van der Waals surface area (Å²) in [6.45, 7) is 1.73. The molecule has 3 heteroatoms. The molecule has 0 heterocycles. The van der Waals surface area contributed by atoms with Crippen LogP contribution in [0.2, 0.25) is 0 Å². The Bertz CT molecular complexity index is 505. The Morgan fingerprint density at radius 2 is 1.39 bits per heavy atom. The second-order valence-corrected chi connectivity index (χ2v) is 4.30. The average molecular weight is 245 g/mol. The number of aliphatic hydroxyl groups is 1. The second kappa shape index (κ2) is 5.19. The molecule has 1 atom stereocenters. The van der Waals surface area contributed by atoms with Gasteiger partial charge in [0.1, 0.15) is 5.82 Å². The maximum absolute atomic E-state index is 12.8. The number of hydrogen-bond donors (Lipinski definition) is 1. The Morgan fingerprint density at radius 3 is 1.83 bits per heavy atom. The van der Waals surface area contributed by atoms with Crippen LogP contribution in [0, 0.1) is 5.82 Å². The molecule has 0 aliphatic rings. The zero-order valence-electron chi connectivity index (χ0n) is 10.5. The summed E-state index contributed by atoms with van der Waals surface area (Å²) in [4.78, 5) is 1.96. The summed E-state index contributed by atoms with van der Waals surface area (Å²) in [5, 5.41) is 9.45. The molecule has 0 saturated heterocycles. The van der Waals surface area contributed by atoms with Gasteiger partial charge >= 0.3 is 0 Å². The van der Waals surface area contributed by atoms with Gasteiger partial charge in [-0.05, 0) is 48.9 Å². The van der Waals surface area contributed by atoms with E-state index < -0.39 is 6.10 Å². The van der Waals surface area contributed by atoms with Crippen LogP contribution >= 0.6 is 0 Å². The van der Waals surface area contributed by atoms with Crippen LogP contribution in [-0.2, 0) is 0 Å². The fourth-order valence-electron chi connectivity index (χ4n) is 1.79. The Hall–Kier alpha value is -1.87. The standard InChI is InChI=1S/C15H16FNO/c1-11(18)12-3-7-14(8-4-12)17(2)15-9-5-13(16)6-10-15/h3-11,18H,1-2H3. The van der Waals surface area contributed by atoms with E-state index in [2.05, 4.69) is 0 Å². The van der Waals surface area contributed by atoms with Gasteiger partial charge in [-0.15, -0.1) is 0 Å². The van der Waals surface area contributed by atoms with Gasteiger partial charge in [0.15, 0.2) is 0 Å². The topological polar surface area (TPSA) is 23.5 Å². The number of benzene rings is 2.